The third kappa shape index (κ3) is 2.22. The fraction of sp³-hybridized carbons (Fsp3) is 0.867. The number of amides is 1. The molecule has 4 atom stereocenters. The predicted octanol–water partition coefficient (Wildman–Crippen LogP) is 0.897. The zero-order valence-electron chi connectivity index (χ0n) is 12.1. The van der Waals surface area contributed by atoms with Crippen LogP contribution in [0.2, 0.25) is 0 Å². The summed E-state index contributed by atoms with van der Waals surface area (Å²) < 4.78 is 0. The average molecular weight is 280 g/mol. The van der Waals surface area contributed by atoms with Gasteiger partial charge in [-0.3, -0.25) is 9.59 Å². The number of rotatable bonds is 3. The monoisotopic (exact) mass is 280 g/mol. The first-order valence-electron chi connectivity index (χ1n) is 7.85. The van der Waals surface area contributed by atoms with Crippen molar-refractivity contribution in [3.63, 3.8) is 0 Å². The Morgan fingerprint density at radius 3 is 2.20 bits per heavy atom. The molecule has 3 aliphatic rings. The molecule has 2 saturated carbocycles. The van der Waals surface area contributed by atoms with Gasteiger partial charge in [-0.05, 0) is 37.6 Å². The third-order valence-corrected chi connectivity index (χ3v) is 5.62. The lowest BCUT2D eigenvalue weighted by Gasteiger charge is -2.38. The van der Waals surface area contributed by atoms with E-state index in [1.807, 2.05) is 4.90 Å². The second-order valence-electron chi connectivity index (χ2n) is 6.48. The Balaban J connectivity index is 1.69. The number of carbonyl (C=O) groups excluding carboxylic acids is 1. The molecular formula is C15H24N2O3. The maximum Gasteiger partial charge on any atom is 0.307 e. The van der Waals surface area contributed by atoms with Gasteiger partial charge in [0.2, 0.25) is 5.91 Å². The quantitative estimate of drug-likeness (QED) is 0.834. The first kappa shape index (κ1) is 13.9. The number of carbonyl (C=O) groups is 2. The molecule has 0 radical (unpaired) electrons. The molecule has 1 heterocycles. The van der Waals surface area contributed by atoms with Crippen LogP contribution in [0.15, 0.2) is 0 Å². The van der Waals surface area contributed by atoms with Gasteiger partial charge in [-0.25, -0.2) is 0 Å². The lowest BCUT2D eigenvalue weighted by Crippen LogP contribution is -2.52. The number of hydrogen-bond donors (Lipinski definition) is 1. The van der Waals surface area contributed by atoms with E-state index in [0.29, 0.717) is 5.92 Å². The number of aliphatic carboxylic acids is 1. The number of likely N-dealkylation sites (N-methyl/N-ethyl adjacent to an activating group) is 1. The van der Waals surface area contributed by atoms with Crippen molar-refractivity contribution >= 4 is 11.9 Å². The van der Waals surface area contributed by atoms with E-state index in [1.165, 1.54) is 0 Å². The van der Waals surface area contributed by atoms with Gasteiger partial charge < -0.3 is 14.9 Å². The lowest BCUT2D eigenvalue weighted by molar-refractivity contribution is -0.153. The molecule has 2 bridgehead atoms. The van der Waals surface area contributed by atoms with E-state index < -0.39 is 11.9 Å². The zero-order valence-corrected chi connectivity index (χ0v) is 12.1. The highest BCUT2D eigenvalue weighted by Crippen LogP contribution is 2.52. The van der Waals surface area contributed by atoms with Crippen molar-refractivity contribution in [2.24, 2.45) is 23.7 Å². The van der Waals surface area contributed by atoms with E-state index >= 15 is 0 Å². The molecule has 1 saturated heterocycles. The Labute approximate surface area is 119 Å². The summed E-state index contributed by atoms with van der Waals surface area (Å²) in [6.07, 6.45) is 2.98. The van der Waals surface area contributed by atoms with E-state index in [0.717, 1.165) is 52.0 Å². The first-order chi connectivity index (χ1) is 9.61. The van der Waals surface area contributed by atoms with Crippen LogP contribution < -0.4 is 0 Å². The molecule has 1 amide bonds. The maximum absolute atomic E-state index is 12.7. The van der Waals surface area contributed by atoms with Crippen LogP contribution in [0.1, 0.15) is 26.2 Å². The summed E-state index contributed by atoms with van der Waals surface area (Å²) in [6.45, 7) is 6.50. The van der Waals surface area contributed by atoms with Crippen LogP contribution in [0.3, 0.4) is 0 Å². The molecule has 0 aromatic heterocycles. The smallest absolute Gasteiger partial charge is 0.307 e. The highest BCUT2D eigenvalue weighted by atomic mass is 16.4. The number of fused-ring (bicyclic) bond motifs is 2. The molecule has 1 aliphatic heterocycles. The van der Waals surface area contributed by atoms with Crippen molar-refractivity contribution in [3.05, 3.63) is 0 Å². The van der Waals surface area contributed by atoms with E-state index in [4.69, 9.17) is 0 Å². The highest BCUT2D eigenvalue weighted by molar-refractivity contribution is 5.86. The van der Waals surface area contributed by atoms with Crippen molar-refractivity contribution in [2.45, 2.75) is 26.2 Å². The lowest BCUT2D eigenvalue weighted by atomic mass is 9.78. The van der Waals surface area contributed by atoms with Crippen LogP contribution >= 0.6 is 0 Å². The fourth-order valence-electron chi connectivity index (χ4n) is 4.50. The van der Waals surface area contributed by atoms with Gasteiger partial charge in [0.25, 0.3) is 0 Å². The maximum atomic E-state index is 12.7. The molecule has 5 heteroatoms. The summed E-state index contributed by atoms with van der Waals surface area (Å²) in [5.74, 6) is -0.769. The predicted molar refractivity (Wildman–Crippen MR) is 74.1 cm³/mol. The number of carboxylic acids is 1. The minimum atomic E-state index is -0.761. The fourth-order valence-corrected chi connectivity index (χ4v) is 4.50. The number of hydrogen-bond acceptors (Lipinski definition) is 3. The van der Waals surface area contributed by atoms with Crippen molar-refractivity contribution in [2.75, 3.05) is 32.7 Å². The van der Waals surface area contributed by atoms with E-state index in [2.05, 4.69) is 11.8 Å². The van der Waals surface area contributed by atoms with Crippen LogP contribution in [0.25, 0.3) is 0 Å². The second kappa shape index (κ2) is 5.35. The molecule has 3 fully saturated rings. The van der Waals surface area contributed by atoms with Gasteiger partial charge in [0.1, 0.15) is 0 Å². The van der Waals surface area contributed by atoms with Gasteiger partial charge >= 0.3 is 5.97 Å². The van der Waals surface area contributed by atoms with E-state index in [9.17, 15) is 14.7 Å². The molecule has 0 spiro atoms. The summed E-state index contributed by atoms with van der Waals surface area (Å²) in [6, 6.07) is 0. The molecule has 5 nitrogen and oxygen atoms in total. The van der Waals surface area contributed by atoms with Crippen LogP contribution in [0.5, 0.6) is 0 Å². The molecule has 0 aromatic rings. The summed E-state index contributed by atoms with van der Waals surface area (Å²) in [5.41, 5.74) is 0. The van der Waals surface area contributed by atoms with E-state index in [1.54, 1.807) is 0 Å². The summed E-state index contributed by atoms with van der Waals surface area (Å²) in [7, 11) is 0. The molecular weight excluding hydrogens is 256 g/mol. The first-order valence-corrected chi connectivity index (χ1v) is 7.85. The normalized spacial score (nSPS) is 37.4. The highest BCUT2D eigenvalue weighted by Gasteiger charge is 2.54. The van der Waals surface area contributed by atoms with Gasteiger partial charge in [0.05, 0.1) is 11.8 Å². The minimum Gasteiger partial charge on any atom is -0.481 e. The zero-order chi connectivity index (χ0) is 14.3. The van der Waals surface area contributed by atoms with Crippen LogP contribution in [-0.4, -0.2) is 59.5 Å². The number of carboxylic acid groups (broad SMARTS) is 1. The number of nitrogens with zero attached hydrogens (tertiary/aromatic N) is 2. The van der Waals surface area contributed by atoms with Gasteiger partial charge in [-0.1, -0.05) is 6.92 Å². The van der Waals surface area contributed by atoms with Crippen molar-refractivity contribution in [3.8, 4) is 0 Å². The largest absolute Gasteiger partial charge is 0.481 e. The van der Waals surface area contributed by atoms with Gasteiger partial charge in [0, 0.05) is 26.2 Å². The van der Waals surface area contributed by atoms with Gasteiger partial charge in [-0.2, -0.15) is 0 Å². The molecule has 1 N–H and O–H groups in total. The van der Waals surface area contributed by atoms with Crippen molar-refractivity contribution in [1.29, 1.82) is 0 Å². The van der Waals surface area contributed by atoms with Gasteiger partial charge in [0.15, 0.2) is 0 Å². The Kier molecular flexibility index (Phi) is 3.71. The van der Waals surface area contributed by atoms with E-state index in [-0.39, 0.29) is 17.7 Å². The topological polar surface area (TPSA) is 60.9 Å². The Hall–Kier alpha value is -1.10. The van der Waals surface area contributed by atoms with Crippen LogP contribution in [0.4, 0.5) is 0 Å². The summed E-state index contributed by atoms with van der Waals surface area (Å²) in [4.78, 5) is 28.5. The molecule has 20 heavy (non-hydrogen) atoms. The molecule has 112 valence electrons. The Bertz CT molecular complexity index is 404. The molecule has 3 rings (SSSR count). The number of piperazine rings is 1. The SMILES string of the molecule is CCN1CCN(C(=O)C2C3CCC(C3)C2C(=O)O)CC1. The standard InChI is InChI=1S/C15H24N2O3/c1-2-16-5-7-17(8-6-16)14(18)12-10-3-4-11(9-10)13(12)15(19)20/h10-13H,2-9H2,1H3,(H,19,20). The second-order valence-corrected chi connectivity index (χ2v) is 6.48. The molecule has 2 aliphatic carbocycles. The minimum absolute atomic E-state index is 0.111. The van der Waals surface area contributed by atoms with Crippen molar-refractivity contribution in [1.82, 2.24) is 9.80 Å². The van der Waals surface area contributed by atoms with Crippen molar-refractivity contribution < 1.29 is 14.7 Å². The molecule has 0 aromatic carbocycles. The Morgan fingerprint density at radius 1 is 1.05 bits per heavy atom. The average Bonchev–Trinajstić information content (AvgIpc) is 3.07. The van der Waals surface area contributed by atoms with Crippen LogP contribution in [0, 0.1) is 23.7 Å². The molecule has 4 unspecified atom stereocenters. The third-order valence-electron chi connectivity index (χ3n) is 5.62. The summed E-state index contributed by atoms with van der Waals surface area (Å²) in [5, 5.41) is 9.45. The Morgan fingerprint density at radius 2 is 1.65 bits per heavy atom. The summed E-state index contributed by atoms with van der Waals surface area (Å²) >= 11 is 0. The van der Waals surface area contributed by atoms with Crippen LogP contribution in [-0.2, 0) is 9.59 Å². The van der Waals surface area contributed by atoms with Gasteiger partial charge in [-0.15, -0.1) is 0 Å².